The van der Waals surface area contributed by atoms with Gasteiger partial charge in [0.15, 0.2) is 11.4 Å². The average molecular weight is 396 g/mol. The summed E-state index contributed by atoms with van der Waals surface area (Å²) in [7, 11) is 0. The van der Waals surface area contributed by atoms with Gasteiger partial charge in [0.2, 0.25) is 5.89 Å². The highest BCUT2D eigenvalue weighted by atomic mass is 16.5. The summed E-state index contributed by atoms with van der Waals surface area (Å²) in [5, 5.41) is 6.92. The Kier molecular flexibility index (Phi) is 5.09. The minimum absolute atomic E-state index is 0.00156. The fourth-order valence-electron chi connectivity index (χ4n) is 3.18. The highest BCUT2D eigenvalue weighted by Gasteiger charge is 2.23. The molecule has 0 bridgehead atoms. The molecule has 3 N–H and O–H groups in total. The van der Waals surface area contributed by atoms with Crippen LogP contribution in [0.15, 0.2) is 35.2 Å². The van der Waals surface area contributed by atoms with Gasteiger partial charge in [-0.1, -0.05) is 0 Å². The summed E-state index contributed by atoms with van der Waals surface area (Å²) in [4.78, 5) is 32.8. The molecule has 0 aliphatic carbocycles. The Morgan fingerprint density at radius 3 is 2.83 bits per heavy atom. The minimum atomic E-state index is -0.723. The zero-order valence-electron chi connectivity index (χ0n) is 15.8. The van der Waals surface area contributed by atoms with Crippen LogP contribution in [0, 0.1) is 6.92 Å². The third-order valence-corrected chi connectivity index (χ3v) is 4.66. The fourth-order valence-corrected chi connectivity index (χ4v) is 3.18. The van der Waals surface area contributed by atoms with Gasteiger partial charge in [0.05, 0.1) is 11.7 Å². The van der Waals surface area contributed by atoms with E-state index in [4.69, 9.17) is 14.9 Å². The van der Waals surface area contributed by atoms with Crippen molar-refractivity contribution in [1.29, 1.82) is 0 Å². The van der Waals surface area contributed by atoms with Crippen molar-refractivity contribution in [2.24, 2.45) is 5.73 Å². The Morgan fingerprint density at radius 1 is 1.31 bits per heavy atom. The number of hydrogen-bond acceptors (Lipinski definition) is 7. The number of oxazole rings is 1. The summed E-state index contributed by atoms with van der Waals surface area (Å²) in [6, 6.07) is 3.63. The van der Waals surface area contributed by atoms with E-state index < -0.39 is 11.8 Å². The number of amides is 2. The van der Waals surface area contributed by atoms with Crippen LogP contribution in [0.5, 0.6) is 0 Å². The molecule has 2 amide bonds. The first-order valence-corrected chi connectivity index (χ1v) is 9.18. The van der Waals surface area contributed by atoms with Gasteiger partial charge in [-0.25, -0.2) is 4.98 Å². The smallest absolute Gasteiger partial charge is 0.277 e. The second-order valence-electron chi connectivity index (χ2n) is 6.76. The SMILES string of the molecule is Cc1cc(-c2nc(C(=O)Nc3cn(C4CCOCC4)nc3C(N)=O)co2)ccn1. The molecule has 0 spiro atoms. The molecule has 1 aliphatic rings. The summed E-state index contributed by atoms with van der Waals surface area (Å²) >= 11 is 0. The summed E-state index contributed by atoms with van der Waals surface area (Å²) in [5.74, 6) is -0.951. The number of anilines is 1. The van der Waals surface area contributed by atoms with Crippen molar-refractivity contribution in [1.82, 2.24) is 19.7 Å². The van der Waals surface area contributed by atoms with Crippen molar-refractivity contribution >= 4 is 17.5 Å². The molecule has 0 radical (unpaired) electrons. The third kappa shape index (κ3) is 4.02. The number of pyridine rings is 1. The molecule has 4 heterocycles. The predicted molar refractivity (Wildman–Crippen MR) is 102 cm³/mol. The van der Waals surface area contributed by atoms with E-state index in [0.717, 1.165) is 18.5 Å². The van der Waals surface area contributed by atoms with Crippen LogP contribution in [0.25, 0.3) is 11.5 Å². The minimum Gasteiger partial charge on any atom is -0.444 e. The Hall–Kier alpha value is -3.53. The van der Waals surface area contributed by atoms with Crippen LogP contribution in [0.3, 0.4) is 0 Å². The molecule has 0 aromatic carbocycles. The number of ether oxygens (including phenoxy) is 1. The van der Waals surface area contributed by atoms with Crippen LogP contribution >= 0.6 is 0 Å². The second kappa shape index (κ2) is 7.84. The second-order valence-corrected chi connectivity index (χ2v) is 6.76. The van der Waals surface area contributed by atoms with Crippen molar-refractivity contribution < 1.29 is 18.7 Å². The van der Waals surface area contributed by atoms with Gasteiger partial charge in [-0.3, -0.25) is 19.3 Å². The lowest BCUT2D eigenvalue weighted by Gasteiger charge is -2.22. The molecule has 0 saturated carbocycles. The van der Waals surface area contributed by atoms with Crippen molar-refractivity contribution in [2.75, 3.05) is 18.5 Å². The van der Waals surface area contributed by atoms with E-state index >= 15 is 0 Å². The summed E-state index contributed by atoms with van der Waals surface area (Å²) in [6.45, 7) is 3.09. The van der Waals surface area contributed by atoms with E-state index in [1.54, 1.807) is 29.2 Å². The maximum Gasteiger partial charge on any atom is 0.277 e. The van der Waals surface area contributed by atoms with Gasteiger partial charge in [-0.15, -0.1) is 0 Å². The van der Waals surface area contributed by atoms with Gasteiger partial charge < -0.3 is 20.2 Å². The lowest BCUT2D eigenvalue weighted by Crippen LogP contribution is -2.21. The topological polar surface area (TPSA) is 138 Å². The van der Waals surface area contributed by atoms with Crippen molar-refractivity contribution in [2.45, 2.75) is 25.8 Å². The molecule has 1 aliphatic heterocycles. The predicted octanol–water partition coefficient (Wildman–Crippen LogP) is 1.94. The lowest BCUT2D eigenvalue weighted by molar-refractivity contribution is 0.0661. The van der Waals surface area contributed by atoms with Crippen molar-refractivity contribution in [3.8, 4) is 11.5 Å². The molecule has 1 fully saturated rings. The van der Waals surface area contributed by atoms with Crippen LogP contribution in [-0.4, -0.2) is 44.8 Å². The Balaban J connectivity index is 1.55. The third-order valence-electron chi connectivity index (χ3n) is 4.66. The molecule has 29 heavy (non-hydrogen) atoms. The summed E-state index contributed by atoms with van der Waals surface area (Å²) < 4.78 is 12.4. The van der Waals surface area contributed by atoms with Gasteiger partial charge in [-0.2, -0.15) is 5.10 Å². The first-order chi connectivity index (χ1) is 14.0. The lowest BCUT2D eigenvalue weighted by atomic mass is 10.1. The highest BCUT2D eigenvalue weighted by Crippen LogP contribution is 2.25. The van der Waals surface area contributed by atoms with Crippen molar-refractivity contribution in [3.05, 3.63) is 47.9 Å². The van der Waals surface area contributed by atoms with Gasteiger partial charge in [0.1, 0.15) is 6.26 Å². The number of hydrogen-bond donors (Lipinski definition) is 2. The van der Waals surface area contributed by atoms with Gasteiger partial charge in [0.25, 0.3) is 11.8 Å². The molecule has 1 saturated heterocycles. The van der Waals surface area contributed by atoms with Crippen molar-refractivity contribution in [3.63, 3.8) is 0 Å². The number of nitrogens with zero attached hydrogens (tertiary/aromatic N) is 4. The van der Waals surface area contributed by atoms with Crippen LogP contribution in [0.2, 0.25) is 0 Å². The zero-order chi connectivity index (χ0) is 20.4. The zero-order valence-corrected chi connectivity index (χ0v) is 15.8. The maximum atomic E-state index is 12.6. The molecular weight excluding hydrogens is 376 g/mol. The monoisotopic (exact) mass is 396 g/mol. The number of nitrogens with two attached hydrogens (primary N) is 1. The molecule has 10 heteroatoms. The normalized spacial score (nSPS) is 14.7. The first-order valence-electron chi connectivity index (χ1n) is 9.18. The standard InChI is InChI=1S/C19H20N6O4/c1-11-8-12(2-5-21-11)19-23-15(10-29-19)18(27)22-14-9-25(24-16(14)17(20)26)13-3-6-28-7-4-13/h2,5,8-10,13H,3-4,6-7H2,1H3,(H2,20,26)(H,22,27). The number of carbonyl (C=O) groups is 2. The molecule has 4 rings (SSSR count). The van der Waals surface area contributed by atoms with E-state index in [1.807, 2.05) is 6.92 Å². The van der Waals surface area contributed by atoms with Crippen LogP contribution in [-0.2, 0) is 4.74 Å². The largest absolute Gasteiger partial charge is 0.444 e. The molecular formula is C19H20N6O4. The van der Waals surface area contributed by atoms with Crippen LogP contribution in [0.4, 0.5) is 5.69 Å². The first kappa shape index (κ1) is 18.8. The molecule has 0 atom stereocenters. The average Bonchev–Trinajstić information content (AvgIpc) is 3.36. The number of nitrogens with one attached hydrogen (secondary N) is 1. The summed E-state index contributed by atoms with van der Waals surface area (Å²) in [5.41, 5.74) is 7.26. The quantitative estimate of drug-likeness (QED) is 0.672. The fraction of sp³-hybridized carbons (Fsp3) is 0.316. The summed E-state index contributed by atoms with van der Waals surface area (Å²) in [6.07, 6.45) is 6.05. The van der Waals surface area contributed by atoms with Gasteiger partial charge >= 0.3 is 0 Å². The number of rotatable bonds is 5. The molecule has 3 aromatic rings. The Labute approximate surface area is 166 Å². The number of aromatic nitrogens is 4. The van der Waals surface area contributed by atoms with E-state index in [9.17, 15) is 9.59 Å². The van der Waals surface area contributed by atoms with Gasteiger partial charge in [-0.05, 0) is 31.9 Å². The number of carbonyl (C=O) groups excluding carboxylic acids is 2. The van der Waals surface area contributed by atoms with Crippen LogP contribution < -0.4 is 11.1 Å². The van der Waals surface area contributed by atoms with E-state index in [-0.39, 0.29) is 23.1 Å². The van der Waals surface area contributed by atoms with Gasteiger partial charge in [0, 0.05) is 36.9 Å². The van der Waals surface area contributed by atoms with E-state index in [0.29, 0.717) is 24.7 Å². The molecule has 10 nitrogen and oxygen atoms in total. The molecule has 3 aromatic heterocycles. The van der Waals surface area contributed by atoms with E-state index in [1.165, 1.54) is 6.26 Å². The van der Waals surface area contributed by atoms with Crippen LogP contribution in [0.1, 0.15) is 45.6 Å². The molecule has 150 valence electrons. The number of primary amides is 1. The Bertz CT molecular complexity index is 1050. The van der Waals surface area contributed by atoms with E-state index in [2.05, 4.69) is 20.4 Å². The Morgan fingerprint density at radius 2 is 2.10 bits per heavy atom. The highest BCUT2D eigenvalue weighted by molar-refractivity contribution is 6.07. The number of aryl methyl sites for hydroxylation is 1. The maximum absolute atomic E-state index is 12.6. The molecule has 0 unspecified atom stereocenters.